The molecule has 1 spiro atoms. The van der Waals surface area contributed by atoms with Gasteiger partial charge < -0.3 is 35.5 Å². The summed E-state index contributed by atoms with van der Waals surface area (Å²) in [5.74, 6) is 0.327. The lowest BCUT2D eigenvalue weighted by atomic mass is 9.80. The molecule has 0 unspecified atom stereocenters. The molecule has 11 heteroatoms. The van der Waals surface area contributed by atoms with Gasteiger partial charge in [-0.3, -0.25) is 19.2 Å². The van der Waals surface area contributed by atoms with Gasteiger partial charge in [0.2, 0.25) is 17.7 Å². The molecule has 1 fully saturated rings. The maximum atomic E-state index is 13.7. The summed E-state index contributed by atoms with van der Waals surface area (Å²) >= 11 is 0. The van der Waals surface area contributed by atoms with Crippen LogP contribution < -0.4 is 35.5 Å². The molecule has 1 aliphatic carbocycles. The van der Waals surface area contributed by atoms with Crippen molar-refractivity contribution < 1.29 is 33.4 Å². The van der Waals surface area contributed by atoms with E-state index in [9.17, 15) is 19.2 Å². The van der Waals surface area contributed by atoms with Crippen LogP contribution in [-0.2, 0) is 20.8 Å². The predicted molar refractivity (Wildman–Crippen MR) is 167 cm³/mol. The number of hydrogen-bond donors (Lipinski definition) is 4. The van der Waals surface area contributed by atoms with Gasteiger partial charge in [0, 0.05) is 13.0 Å². The summed E-state index contributed by atoms with van der Waals surface area (Å²) in [7, 11) is 0. The van der Waals surface area contributed by atoms with Gasteiger partial charge in [-0.05, 0) is 61.4 Å². The largest absolute Gasteiger partial charge is 0.491 e. The number of para-hydroxylation sites is 1. The Kier molecular flexibility index (Phi) is 10.5. The number of amides is 4. The van der Waals surface area contributed by atoms with E-state index in [-0.39, 0.29) is 48.8 Å². The first kappa shape index (κ1) is 32.1. The molecule has 45 heavy (non-hydrogen) atoms. The van der Waals surface area contributed by atoms with E-state index in [1.165, 1.54) is 0 Å². The third kappa shape index (κ3) is 8.06. The highest BCUT2D eigenvalue weighted by atomic mass is 16.6. The molecule has 0 radical (unpaired) electrons. The number of rotatable bonds is 5. The van der Waals surface area contributed by atoms with Crippen molar-refractivity contribution in [1.29, 1.82) is 0 Å². The molecule has 0 aromatic heterocycles. The van der Waals surface area contributed by atoms with E-state index in [0.717, 1.165) is 24.8 Å². The fourth-order valence-corrected chi connectivity index (χ4v) is 6.04. The second-order valence-corrected chi connectivity index (χ2v) is 12.4. The van der Waals surface area contributed by atoms with Crippen LogP contribution in [0.25, 0.3) is 0 Å². The topological polar surface area (TPSA) is 144 Å². The molecular weight excluding hydrogens is 576 g/mol. The van der Waals surface area contributed by atoms with Crippen LogP contribution in [0.1, 0.15) is 74.7 Å². The minimum atomic E-state index is -1.02. The van der Waals surface area contributed by atoms with E-state index in [1.807, 2.05) is 32.0 Å². The van der Waals surface area contributed by atoms with Crippen molar-refractivity contribution in [2.45, 2.75) is 82.8 Å². The third-order valence-electron chi connectivity index (χ3n) is 8.79. The molecule has 0 bridgehead atoms. The smallest absolute Gasteiger partial charge is 0.255 e. The number of carbonyl (C=O) groups excluding carboxylic acids is 4. The second-order valence-electron chi connectivity index (χ2n) is 12.4. The summed E-state index contributed by atoms with van der Waals surface area (Å²) in [5.41, 5.74) is 0.209. The van der Waals surface area contributed by atoms with Crippen molar-refractivity contribution in [2.75, 3.05) is 26.4 Å². The zero-order valence-corrected chi connectivity index (χ0v) is 26.1. The first-order valence-corrected chi connectivity index (χ1v) is 16.0. The Balaban J connectivity index is 1.34. The number of ether oxygens (including phenoxy) is 3. The average molecular weight is 621 g/mol. The Bertz CT molecular complexity index is 1390. The van der Waals surface area contributed by atoms with Gasteiger partial charge in [-0.2, -0.15) is 0 Å². The molecule has 2 atom stereocenters. The third-order valence-corrected chi connectivity index (χ3v) is 8.79. The van der Waals surface area contributed by atoms with Crippen molar-refractivity contribution in [3.05, 3.63) is 53.6 Å². The molecular formula is C34H44N4O7. The van der Waals surface area contributed by atoms with Crippen LogP contribution in [0.15, 0.2) is 42.5 Å². The predicted octanol–water partition coefficient (Wildman–Crippen LogP) is 3.05. The van der Waals surface area contributed by atoms with E-state index in [4.69, 9.17) is 14.2 Å². The maximum absolute atomic E-state index is 13.7. The molecule has 2 aliphatic heterocycles. The van der Waals surface area contributed by atoms with Crippen LogP contribution in [-0.4, -0.2) is 67.6 Å². The zero-order valence-electron chi connectivity index (χ0n) is 26.1. The average Bonchev–Trinajstić information content (AvgIpc) is 3.04. The zero-order chi connectivity index (χ0) is 31.8. The lowest BCUT2D eigenvalue weighted by molar-refractivity contribution is -0.136. The fourth-order valence-electron chi connectivity index (χ4n) is 6.04. The Morgan fingerprint density at radius 2 is 1.69 bits per heavy atom. The van der Waals surface area contributed by atoms with E-state index >= 15 is 0 Å². The number of carbonyl (C=O) groups is 4. The molecule has 242 valence electrons. The highest BCUT2D eigenvalue weighted by Gasteiger charge is 2.42. The molecule has 4 N–H and O–H groups in total. The molecule has 4 amide bonds. The van der Waals surface area contributed by atoms with Gasteiger partial charge in [-0.1, -0.05) is 51.3 Å². The molecule has 3 aliphatic rings. The molecule has 0 saturated heterocycles. The van der Waals surface area contributed by atoms with Crippen molar-refractivity contribution in [3.8, 4) is 17.2 Å². The Morgan fingerprint density at radius 3 is 2.47 bits per heavy atom. The van der Waals surface area contributed by atoms with E-state index in [1.54, 1.807) is 24.3 Å². The van der Waals surface area contributed by atoms with Gasteiger partial charge in [0.15, 0.2) is 11.5 Å². The molecule has 2 aromatic rings. The van der Waals surface area contributed by atoms with Crippen molar-refractivity contribution in [2.24, 2.45) is 5.92 Å². The van der Waals surface area contributed by atoms with E-state index < -0.39 is 23.4 Å². The normalized spacial score (nSPS) is 22.1. The Labute approximate surface area is 264 Å². The number of hydrogen-bond acceptors (Lipinski definition) is 7. The van der Waals surface area contributed by atoms with E-state index in [2.05, 4.69) is 21.3 Å². The van der Waals surface area contributed by atoms with Crippen molar-refractivity contribution in [1.82, 2.24) is 21.3 Å². The monoisotopic (exact) mass is 620 g/mol. The summed E-state index contributed by atoms with van der Waals surface area (Å²) in [6.45, 7) is 5.43. The van der Waals surface area contributed by atoms with Gasteiger partial charge >= 0.3 is 0 Å². The highest BCUT2D eigenvalue weighted by molar-refractivity contribution is 6.00. The minimum absolute atomic E-state index is 0.0391. The van der Waals surface area contributed by atoms with Crippen molar-refractivity contribution >= 4 is 23.6 Å². The summed E-state index contributed by atoms with van der Waals surface area (Å²) < 4.78 is 17.4. The van der Waals surface area contributed by atoms with Crippen LogP contribution in [0.5, 0.6) is 17.2 Å². The SMILES string of the molecule is CC(C)[C@H]1COc2ccccc2C(=O)N[C@H](C(=O)NCCc2ccc3c(c2)OCCO3)CCC(=O)NC2(CCCCC2)C(=O)N1. The second kappa shape index (κ2) is 14.7. The first-order chi connectivity index (χ1) is 21.7. The van der Waals surface area contributed by atoms with Crippen LogP contribution >= 0.6 is 0 Å². The van der Waals surface area contributed by atoms with Gasteiger partial charge in [0.1, 0.15) is 37.2 Å². The lowest BCUT2D eigenvalue weighted by Gasteiger charge is -2.38. The Morgan fingerprint density at radius 1 is 0.933 bits per heavy atom. The minimum Gasteiger partial charge on any atom is -0.491 e. The van der Waals surface area contributed by atoms with E-state index in [0.29, 0.717) is 56.3 Å². The summed E-state index contributed by atoms with van der Waals surface area (Å²) in [6, 6.07) is 11.2. The molecule has 2 aromatic carbocycles. The van der Waals surface area contributed by atoms with Crippen LogP contribution in [0.2, 0.25) is 0 Å². The highest BCUT2D eigenvalue weighted by Crippen LogP contribution is 2.31. The summed E-state index contributed by atoms with van der Waals surface area (Å²) in [4.78, 5) is 54.0. The van der Waals surface area contributed by atoms with Gasteiger partial charge in [-0.25, -0.2) is 0 Å². The summed E-state index contributed by atoms with van der Waals surface area (Å²) in [6.07, 6.45) is 4.29. The standard InChI is InChI=1S/C34H44N4O7/c1-22(2)26-21-45-27-9-5-4-8-24(27)31(40)36-25(11-13-30(39)38-34(33(42)37-26)15-6-3-7-16-34)32(41)35-17-14-23-10-12-28-29(20-23)44-19-18-43-28/h4-5,8-10,12,20,22,25-26H,3,6-7,11,13-19,21H2,1-2H3,(H,35,41)(H,36,40)(H,37,42)(H,38,39)/t25-,26+/m0/s1. The Hall–Kier alpha value is -4.28. The molecule has 1 saturated carbocycles. The summed E-state index contributed by atoms with van der Waals surface area (Å²) in [5, 5.41) is 11.9. The van der Waals surface area contributed by atoms with Crippen molar-refractivity contribution in [3.63, 3.8) is 0 Å². The lowest BCUT2D eigenvalue weighted by Crippen LogP contribution is -2.62. The fraction of sp³-hybridized carbons (Fsp3) is 0.529. The number of fused-ring (bicyclic) bond motifs is 2. The first-order valence-electron chi connectivity index (χ1n) is 16.0. The molecule has 2 heterocycles. The van der Waals surface area contributed by atoms with Gasteiger partial charge in [0.05, 0.1) is 11.6 Å². The number of benzene rings is 2. The number of nitrogens with one attached hydrogen (secondary N) is 4. The van der Waals surface area contributed by atoms with Gasteiger partial charge in [-0.15, -0.1) is 0 Å². The maximum Gasteiger partial charge on any atom is 0.255 e. The quantitative estimate of drug-likeness (QED) is 0.402. The molecule has 11 nitrogen and oxygen atoms in total. The van der Waals surface area contributed by atoms with Crippen LogP contribution in [0.3, 0.4) is 0 Å². The molecule has 5 rings (SSSR count). The van der Waals surface area contributed by atoms with Gasteiger partial charge in [0.25, 0.3) is 5.91 Å². The van der Waals surface area contributed by atoms with Crippen LogP contribution in [0, 0.1) is 5.92 Å². The van der Waals surface area contributed by atoms with Crippen LogP contribution in [0.4, 0.5) is 0 Å².